The molecule has 0 amide bonds. The lowest BCUT2D eigenvalue weighted by Gasteiger charge is -2.43. The largest absolute Gasteiger partial charge is 0.454 e. The number of rotatable bonds is 11. The quantitative estimate of drug-likeness (QED) is 0.177. The minimum absolute atomic E-state index is 0.248. The molecule has 0 radical (unpaired) electrons. The molecule has 0 aromatic heterocycles. The van der Waals surface area contributed by atoms with Crippen LogP contribution in [0, 0.1) is 10.8 Å². The van der Waals surface area contributed by atoms with Crippen molar-refractivity contribution in [1.29, 1.82) is 0 Å². The highest BCUT2D eigenvalue weighted by Crippen LogP contribution is 2.50. The van der Waals surface area contributed by atoms with E-state index in [0.29, 0.717) is 62.5 Å². The van der Waals surface area contributed by atoms with Gasteiger partial charge in [0.2, 0.25) is 0 Å². The predicted molar refractivity (Wildman–Crippen MR) is 166 cm³/mol. The second-order valence-electron chi connectivity index (χ2n) is 13.7. The molecule has 0 N–H and O–H groups in total. The smallest absolute Gasteiger partial charge is 0.404 e. The Hall–Kier alpha value is -3.04. The molecule has 4 atom stereocenters. The Morgan fingerprint density at radius 3 is 1.79 bits per heavy atom. The number of carbonyl (C=O) groups is 2. The molecule has 10 heteroatoms. The summed E-state index contributed by atoms with van der Waals surface area (Å²) in [5, 5.41) is 0. The molecule has 0 saturated carbocycles. The number of hydrogen-bond donors (Lipinski definition) is 0. The van der Waals surface area contributed by atoms with Gasteiger partial charge in [0.25, 0.3) is 0 Å². The molecule has 2 aliphatic carbocycles. The van der Waals surface area contributed by atoms with Crippen LogP contribution in [-0.4, -0.2) is 24.3 Å². The highest BCUT2D eigenvalue weighted by molar-refractivity contribution is 5.78. The van der Waals surface area contributed by atoms with Crippen LogP contribution in [0.4, 0.5) is 26.3 Å². The second kappa shape index (κ2) is 13.5. The van der Waals surface area contributed by atoms with Crippen molar-refractivity contribution >= 4 is 11.9 Å². The molecule has 260 valence electrons. The van der Waals surface area contributed by atoms with Crippen LogP contribution in [0.15, 0.2) is 42.5 Å². The van der Waals surface area contributed by atoms with Gasteiger partial charge >= 0.3 is 24.3 Å². The van der Waals surface area contributed by atoms with E-state index in [-0.39, 0.29) is 12.8 Å². The van der Waals surface area contributed by atoms with Crippen molar-refractivity contribution in [2.24, 2.45) is 10.8 Å². The number of benzene rings is 2. The van der Waals surface area contributed by atoms with Gasteiger partial charge in [0.05, 0.1) is 0 Å². The summed E-state index contributed by atoms with van der Waals surface area (Å²) in [6.45, 7) is 6.19. The zero-order valence-electron chi connectivity index (χ0n) is 27.9. The molecule has 2 aliphatic rings. The molecule has 4 rings (SSSR count). The molecule has 0 heterocycles. The van der Waals surface area contributed by atoms with Gasteiger partial charge in [0.1, 0.15) is 11.2 Å². The highest BCUT2D eigenvalue weighted by Gasteiger charge is 2.59. The van der Waals surface area contributed by atoms with Gasteiger partial charge in [-0.15, -0.1) is 0 Å². The molecule has 0 fully saturated rings. The molecule has 2 aromatic carbocycles. The zero-order chi connectivity index (χ0) is 34.9. The lowest BCUT2D eigenvalue weighted by molar-refractivity contribution is -0.241. The maximum atomic E-state index is 14.1. The maximum Gasteiger partial charge on any atom is 0.404 e. The highest BCUT2D eigenvalue weighted by atomic mass is 19.4. The summed E-state index contributed by atoms with van der Waals surface area (Å²) >= 11 is 0. The second-order valence-corrected chi connectivity index (χ2v) is 13.7. The van der Waals surface area contributed by atoms with E-state index in [4.69, 9.17) is 9.47 Å². The SMILES string of the molecule is CCC1(OC(=O)C(C)(CC)C(F)(F)F)CCCc2cccc(CCCC3(OC(=O)C(C)(CC)C(F)(F)F)CCCc4ccccc43)c21. The number of halogens is 6. The molecule has 4 nitrogen and oxygen atoms in total. The third-order valence-corrected chi connectivity index (χ3v) is 11.0. The van der Waals surface area contributed by atoms with Crippen LogP contribution >= 0.6 is 0 Å². The van der Waals surface area contributed by atoms with E-state index in [9.17, 15) is 35.9 Å². The van der Waals surface area contributed by atoms with Crippen LogP contribution in [0.3, 0.4) is 0 Å². The van der Waals surface area contributed by atoms with Gasteiger partial charge in [-0.3, -0.25) is 9.59 Å². The molecule has 0 aliphatic heterocycles. The van der Waals surface area contributed by atoms with E-state index in [1.54, 1.807) is 13.0 Å². The minimum atomic E-state index is -4.79. The summed E-state index contributed by atoms with van der Waals surface area (Å²) in [7, 11) is 0. The number of hydrogen-bond acceptors (Lipinski definition) is 4. The molecule has 0 saturated heterocycles. The normalized spacial score (nSPS) is 23.9. The number of alkyl halides is 6. The van der Waals surface area contributed by atoms with Gasteiger partial charge in [-0.25, -0.2) is 0 Å². The summed E-state index contributed by atoms with van der Waals surface area (Å²) < 4.78 is 96.5. The summed E-state index contributed by atoms with van der Waals surface area (Å²) in [5.74, 6) is -2.60. The Balaban J connectivity index is 1.68. The first-order chi connectivity index (χ1) is 21.9. The van der Waals surface area contributed by atoms with Gasteiger partial charge in [-0.05, 0) is 113 Å². The fraction of sp³-hybridized carbons (Fsp3) is 0.622. The van der Waals surface area contributed by atoms with E-state index in [1.807, 2.05) is 36.4 Å². The number of ether oxygens (including phenoxy) is 2. The molecule has 0 bridgehead atoms. The van der Waals surface area contributed by atoms with Crippen LogP contribution < -0.4 is 0 Å². The van der Waals surface area contributed by atoms with Gasteiger partial charge in [-0.1, -0.05) is 63.2 Å². The Morgan fingerprint density at radius 1 is 0.723 bits per heavy atom. The van der Waals surface area contributed by atoms with Crippen LogP contribution in [0.1, 0.15) is 120 Å². The molecule has 0 spiro atoms. The Labute approximate surface area is 273 Å². The number of esters is 2. The lowest BCUT2D eigenvalue weighted by Crippen LogP contribution is -2.48. The van der Waals surface area contributed by atoms with Crippen LogP contribution in [0.5, 0.6) is 0 Å². The maximum absolute atomic E-state index is 14.1. The summed E-state index contributed by atoms with van der Waals surface area (Å²) in [4.78, 5) is 26.7. The third-order valence-electron chi connectivity index (χ3n) is 11.0. The van der Waals surface area contributed by atoms with E-state index >= 15 is 0 Å². The van der Waals surface area contributed by atoms with E-state index in [1.165, 1.54) is 13.8 Å². The van der Waals surface area contributed by atoms with Crippen molar-refractivity contribution < 1.29 is 45.4 Å². The predicted octanol–water partition coefficient (Wildman–Crippen LogP) is 10.2. The van der Waals surface area contributed by atoms with Crippen LogP contribution in [-0.2, 0) is 49.5 Å². The monoisotopic (exact) mass is 668 g/mol. The van der Waals surface area contributed by atoms with E-state index in [2.05, 4.69) is 0 Å². The molecule has 4 unspecified atom stereocenters. The number of carbonyl (C=O) groups excluding carboxylic acids is 2. The molecular formula is C37H46F6O4. The third kappa shape index (κ3) is 6.67. The van der Waals surface area contributed by atoms with Crippen LogP contribution in [0.2, 0.25) is 0 Å². The summed E-state index contributed by atoms with van der Waals surface area (Å²) in [6.07, 6.45) is -5.77. The van der Waals surface area contributed by atoms with Crippen molar-refractivity contribution in [3.05, 3.63) is 70.3 Å². The fourth-order valence-electron chi connectivity index (χ4n) is 7.24. The van der Waals surface area contributed by atoms with Crippen molar-refractivity contribution in [1.82, 2.24) is 0 Å². The average molecular weight is 669 g/mol. The lowest BCUT2D eigenvalue weighted by atomic mass is 9.73. The number of fused-ring (bicyclic) bond motifs is 2. The van der Waals surface area contributed by atoms with Crippen LogP contribution in [0.25, 0.3) is 0 Å². The molecule has 2 aromatic rings. The van der Waals surface area contributed by atoms with Gasteiger partial charge in [0.15, 0.2) is 10.8 Å². The van der Waals surface area contributed by atoms with Gasteiger partial charge in [-0.2, -0.15) is 26.3 Å². The fourth-order valence-corrected chi connectivity index (χ4v) is 7.24. The van der Waals surface area contributed by atoms with E-state index in [0.717, 1.165) is 30.5 Å². The molecule has 47 heavy (non-hydrogen) atoms. The van der Waals surface area contributed by atoms with Crippen molar-refractivity contribution in [3.8, 4) is 0 Å². The molecular weight excluding hydrogens is 622 g/mol. The Kier molecular flexibility index (Phi) is 10.5. The topological polar surface area (TPSA) is 52.6 Å². The Bertz CT molecular complexity index is 1450. The Morgan fingerprint density at radius 2 is 1.23 bits per heavy atom. The number of aryl methyl sites for hydroxylation is 3. The van der Waals surface area contributed by atoms with E-state index < -0.39 is 59.2 Å². The minimum Gasteiger partial charge on any atom is -0.454 e. The first-order valence-corrected chi connectivity index (χ1v) is 16.7. The van der Waals surface area contributed by atoms with Gasteiger partial charge < -0.3 is 9.47 Å². The standard InChI is InChI=1S/C37H46F6O4/c1-6-32(4,36(38,39)40)30(44)46-34(8-3)22-13-19-26-16-11-17-27(29(26)34)20-14-24-35(23-12-18-25-15-9-10-21-28(25)35)47-31(45)33(5,7-2)37(41,42)43/h9-11,15-17,21H,6-8,12-14,18-20,22-24H2,1-5H3. The summed E-state index contributed by atoms with van der Waals surface area (Å²) in [6, 6.07) is 13.0. The zero-order valence-corrected chi connectivity index (χ0v) is 27.9. The first kappa shape index (κ1) is 36.8. The van der Waals surface area contributed by atoms with Crippen molar-refractivity contribution in [2.45, 2.75) is 135 Å². The van der Waals surface area contributed by atoms with Crippen molar-refractivity contribution in [3.63, 3.8) is 0 Å². The van der Waals surface area contributed by atoms with Crippen molar-refractivity contribution in [2.75, 3.05) is 0 Å². The summed E-state index contributed by atoms with van der Waals surface area (Å²) in [5.41, 5.74) is -3.79. The van der Waals surface area contributed by atoms with Gasteiger partial charge in [0, 0.05) is 5.56 Å². The first-order valence-electron chi connectivity index (χ1n) is 16.7. The average Bonchev–Trinajstić information content (AvgIpc) is 3.03.